The Morgan fingerprint density at radius 2 is 1.68 bits per heavy atom. The molecule has 0 saturated heterocycles. The number of benzene rings is 2. The first kappa shape index (κ1) is 16.3. The molecule has 0 saturated carbocycles. The summed E-state index contributed by atoms with van der Waals surface area (Å²) < 4.78 is 0. The van der Waals surface area contributed by atoms with Gasteiger partial charge in [-0.3, -0.25) is 29.4 Å². The molecule has 3 rings (SSSR count). The number of carbonyl (C=O) groups is 3. The number of amides is 3. The second-order valence-corrected chi connectivity index (χ2v) is 5.50. The highest BCUT2D eigenvalue weighted by Crippen LogP contribution is 2.25. The molecule has 0 bridgehead atoms. The zero-order valence-electron chi connectivity index (χ0n) is 13.1. The maximum atomic E-state index is 12.4. The molecule has 25 heavy (non-hydrogen) atoms. The summed E-state index contributed by atoms with van der Waals surface area (Å²) in [7, 11) is 0. The van der Waals surface area contributed by atoms with Gasteiger partial charge in [-0.05, 0) is 25.1 Å². The molecule has 0 spiro atoms. The van der Waals surface area contributed by atoms with E-state index in [9.17, 15) is 24.5 Å². The van der Waals surface area contributed by atoms with E-state index in [-0.39, 0.29) is 22.5 Å². The van der Waals surface area contributed by atoms with Crippen LogP contribution >= 0.6 is 0 Å². The van der Waals surface area contributed by atoms with E-state index >= 15 is 0 Å². The Labute approximate surface area is 142 Å². The number of nitrogens with one attached hydrogen (secondary N) is 1. The Hall–Kier alpha value is -3.55. The van der Waals surface area contributed by atoms with Crippen LogP contribution in [0.3, 0.4) is 0 Å². The van der Waals surface area contributed by atoms with E-state index in [1.807, 2.05) is 0 Å². The van der Waals surface area contributed by atoms with Crippen molar-refractivity contribution >= 4 is 29.1 Å². The minimum atomic E-state index is -1.06. The molecule has 2 aromatic carbocycles. The minimum Gasteiger partial charge on any atom is -0.324 e. The Kier molecular flexibility index (Phi) is 4.02. The van der Waals surface area contributed by atoms with Crippen LogP contribution in [0.4, 0.5) is 11.4 Å². The van der Waals surface area contributed by atoms with Gasteiger partial charge in [-0.25, -0.2) is 0 Å². The number of hydrogen-bond donors (Lipinski definition) is 1. The van der Waals surface area contributed by atoms with Crippen LogP contribution in [0.2, 0.25) is 0 Å². The monoisotopic (exact) mass is 339 g/mol. The highest BCUT2D eigenvalue weighted by molar-refractivity contribution is 6.23. The first-order valence-electron chi connectivity index (χ1n) is 7.42. The van der Waals surface area contributed by atoms with Gasteiger partial charge in [0.1, 0.15) is 6.04 Å². The molecule has 0 aromatic heterocycles. The number of anilines is 1. The molecule has 0 aliphatic carbocycles. The topological polar surface area (TPSA) is 110 Å². The van der Waals surface area contributed by atoms with Gasteiger partial charge in [0.05, 0.1) is 16.1 Å². The molecule has 3 amide bonds. The van der Waals surface area contributed by atoms with E-state index in [1.165, 1.54) is 43.3 Å². The van der Waals surface area contributed by atoms with Crippen molar-refractivity contribution in [2.75, 3.05) is 5.32 Å². The van der Waals surface area contributed by atoms with Crippen molar-refractivity contribution < 1.29 is 19.3 Å². The number of hydrogen-bond acceptors (Lipinski definition) is 5. The maximum absolute atomic E-state index is 12.4. The minimum absolute atomic E-state index is 0.175. The molecule has 1 aliphatic rings. The van der Waals surface area contributed by atoms with Crippen LogP contribution in [0.15, 0.2) is 48.5 Å². The summed E-state index contributed by atoms with van der Waals surface area (Å²) in [6.45, 7) is 1.42. The Balaban J connectivity index is 1.80. The zero-order chi connectivity index (χ0) is 18.1. The third-order valence-electron chi connectivity index (χ3n) is 3.92. The first-order valence-corrected chi connectivity index (χ1v) is 7.42. The summed E-state index contributed by atoms with van der Waals surface area (Å²) in [6, 6.07) is 10.7. The smallest absolute Gasteiger partial charge is 0.271 e. The van der Waals surface area contributed by atoms with Crippen LogP contribution < -0.4 is 5.32 Å². The summed E-state index contributed by atoms with van der Waals surface area (Å²) in [5.41, 5.74) is 0.541. The number of carbonyl (C=O) groups excluding carboxylic acids is 3. The van der Waals surface area contributed by atoms with Gasteiger partial charge in [-0.1, -0.05) is 18.2 Å². The third kappa shape index (κ3) is 2.85. The molecule has 0 radical (unpaired) electrons. The van der Waals surface area contributed by atoms with Crippen molar-refractivity contribution in [3.05, 3.63) is 69.8 Å². The van der Waals surface area contributed by atoms with E-state index in [0.717, 1.165) is 4.90 Å². The summed E-state index contributed by atoms with van der Waals surface area (Å²) in [5, 5.41) is 13.3. The highest BCUT2D eigenvalue weighted by atomic mass is 16.6. The van der Waals surface area contributed by atoms with Crippen molar-refractivity contribution in [1.82, 2.24) is 4.90 Å². The molecular weight excluding hydrogens is 326 g/mol. The zero-order valence-corrected chi connectivity index (χ0v) is 13.1. The number of nitro benzene ring substituents is 1. The average Bonchev–Trinajstić information content (AvgIpc) is 2.86. The molecule has 1 heterocycles. The number of fused-ring (bicyclic) bond motifs is 1. The van der Waals surface area contributed by atoms with Crippen LogP contribution in [-0.2, 0) is 4.79 Å². The van der Waals surface area contributed by atoms with E-state index in [2.05, 4.69) is 5.32 Å². The fraction of sp³-hybridized carbons (Fsp3) is 0.118. The molecule has 1 N–H and O–H groups in total. The van der Waals surface area contributed by atoms with Gasteiger partial charge >= 0.3 is 0 Å². The Bertz CT molecular complexity index is 874. The summed E-state index contributed by atoms with van der Waals surface area (Å²) in [4.78, 5) is 48.3. The highest BCUT2D eigenvalue weighted by Gasteiger charge is 2.40. The fourth-order valence-corrected chi connectivity index (χ4v) is 2.62. The summed E-state index contributed by atoms with van der Waals surface area (Å²) in [5.74, 6) is -1.69. The molecule has 8 nitrogen and oxygen atoms in total. The van der Waals surface area contributed by atoms with Crippen LogP contribution in [0.1, 0.15) is 27.6 Å². The van der Waals surface area contributed by atoms with Crippen molar-refractivity contribution in [2.45, 2.75) is 13.0 Å². The molecule has 1 unspecified atom stereocenters. The van der Waals surface area contributed by atoms with E-state index < -0.39 is 28.7 Å². The second-order valence-electron chi connectivity index (χ2n) is 5.50. The van der Waals surface area contributed by atoms with Crippen LogP contribution in [0, 0.1) is 10.1 Å². The van der Waals surface area contributed by atoms with Crippen molar-refractivity contribution in [1.29, 1.82) is 0 Å². The predicted molar refractivity (Wildman–Crippen MR) is 88.1 cm³/mol. The number of imide groups is 1. The van der Waals surface area contributed by atoms with Gasteiger partial charge in [0, 0.05) is 17.8 Å². The SMILES string of the molecule is CC(C(=O)Nc1cccc([N+](=O)[O-])c1)N1C(=O)c2ccccc2C1=O. The number of rotatable bonds is 4. The average molecular weight is 339 g/mol. The van der Waals surface area contributed by atoms with Gasteiger partial charge in [-0.15, -0.1) is 0 Å². The maximum Gasteiger partial charge on any atom is 0.271 e. The lowest BCUT2D eigenvalue weighted by Crippen LogP contribution is -2.45. The van der Waals surface area contributed by atoms with Gasteiger partial charge in [-0.2, -0.15) is 0 Å². The Morgan fingerprint density at radius 1 is 1.08 bits per heavy atom. The molecular formula is C17H13N3O5. The summed E-state index contributed by atoms with van der Waals surface area (Å²) in [6.07, 6.45) is 0. The van der Waals surface area contributed by atoms with Crippen LogP contribution in [0.25, 0.3) is 0 Å². The largest absolute Gasteiger partial charge is 0.324 e. The predicted octanol–water partition coefficient (Wildman–Crippen LogP) is 2.22. The van der Waals surface area contributed by atoms with E-state index in [0.29, 0.717) is 0 Å². The number of nitro groups is 1. The fourth-order valence-electron chi connectivity index (χ4n) is 2.62. The van der Waals surface area contributed by atoms with Crippen molar-refractivity contribution in [3.63, 3.8) is 0 Å². The van der Waals surface area contributed by atoms with Crippen LogP contribution in [-0.4, -0.2) is 33.6 Å². The quantitative estimate of drug-likeness (QED) is 0.522. The standard InChI is InChI=1S/C17H13N3O5/c1-10(15(21)18-11-5-4-6-12(9-11)20(24)25)19-16(22)13-7-2-3-8-14(13)17(19)23/h2-10H,1H3,(H,18,21). The molecule has 0 fully saturated rings. The molecule has 1 atom stereocenters. The van der Waals surface area contributed by atoms with Crippen molar-refractivity contribution in [2.24, 2.45) is 0 Å². The van der Waals surface area contributed by atoms with E-state index in [4.69, 9.17) is 0 Å². The van der Waals surface area contributed by atoms with E-state index in [1.54, 1.807) is 12.1 Å². The summed E-state index contributed by atoms with van der Waals surface area (Å²) >= 11 is 0. The lowest BCUT2D eigenvalue weighted by molar-refractivity contribution is -0.384. The number of non-ortho nitro benzene ring substituents is 1. The molecule has 1 aliphatic heterocycles. The van der Waals surface area contributed by atoms with Gasteiger partial charge in [0.2, 0.25) is 5.91 Å². The first-order chi connectivity index (χ1) is 11.9. The van der Waals surface area contributed by atoms with Gasteiger partial charge in [0.15, 0.2) is 0 Å². The normalized spacial score (nSPS) is 14.2. The Morgan fingerprint density at radius 3 is 2.24 bits per heavy atom. The van der Waals surface area contributed by atoms with Gasteiger partial charge < -0.3 is 5.32 Å². The molecule has 8 heteroatoms. The third-order valence-corrected chi connectivity index (χ3v) is 3.92. The lowest BCUT2D eigenvalue weighted by Gasteiger charge is -2.21. The molecule has 126 valence electrons. The second kappa shape index (κ2) is 6.16. The lowest BCUT2D eigenvalue weighted by atomic mass is 10.1. The van der Waals surface area contributed by atoms with Crippen LogP contribution in [0.5, 0.6) is 0 Å². The van der Waals surface area contributed by atoms with Crippen molar-refractivity contribution in [3.8, 4) is 0 Å². The number of nitrogens with zero attached hydrogens (tertiary/aromatic N) is 2. The molecule has 2 aromatic rings. The van der Waals surface area contributed by atoms with Gasteiger partial charge in [0.25, 0.3) is 17.5 Å².